The van der Waals surface area contributed by atoms with Crippen LogP contribution in [0.2, 0.25) is 0 Å². The molecule has 1 unspecified atom stereocenters. The fourth-order valence-electron chi connectivity index (χ4n) is 5.28. The van der Waals surface area contributed by atoms with E-state index < -0.39 is 0 Å². The highest BCUT2D eigenvalue weighted by molar-refractivity contribution is 5.90. The molecule has 5 rings (SSSR count). The molecule has 148 valence electrons. The van der Waals surface area contributed by atoms with Crippen molar-refractivity contribution in [2.24, 2.45) is 0 Å². The van der Waals surface area contributed by atoms with E-state index in [2.05, 4.69) is 76.4 Å². The van der Waals surface area contributed by atoms with E-state index in [0.29, 0.717) is 0 Å². The van der Waals surface area contributed by atoms with E-state index in [0.717, 1.165) is 22.2 Å². The SMILES string of the molecule is C=C(NC(c1ccccc1)C1(N2CCCC2)CCC1)c1cccc2ncccc12. The number of nitrogens with zero attached hydrogens (tertiary/aromatic N) is 2. The molecule has 3 heteroatoms. The summed E-state index contributed by atoms with van der Waals surface area (Å²) in [5, 5.41) is 5.05. The molecule has 0 bridgehead atoms. The molecule has 1 aliphatic carbocycles. The topological polar surface area (TPSA) is 28.2 Å². The molecule has 3 nitrogen and oxygen atoms in total. The first-order valence-electron chi connectivity index (χ1n) is 10.9. The van der Waals surface area contributed by atoms with Crippen molar-refractivity contribution in [3.63, 3.8) is 0 Å². The van der Waals surface area contributed by atoms with Crippen molar-refractivity contribution < 1.29 is 0 Å². The summed E-state index contributed by atoms with van der Waals surface area (Å²) in [7, 11) is 0. The number of nitrogens with one attached hydrogen (secondary N) is 1. The van der Waals surface area contributed by atoms with Gasteiger partial charge in [0.2, 0.25) is 0 Å². The maximum atomic E-state index is 4.52. The highest BCUT2D eigenvalue weighted by Gasteiger charge is 2.49. The van der Waals surface area contributed by atoms with E-state index in [1.165, 1.54) is 50.8 Å². The van der Waals surface area contributed by atoms with Crippen LogP contribution in [-0.4, -0.2) is 28.5 Å². The summed E-state index contributed by atoms with van der Waals surface area (Å²) in [6, 6.07) is 21.7. The normalized spacial score (nSPS) is 19.6. The number of hydrogen-bond donors (Lipinski definition) is 1. The Labute approximate surface area is 173 Å². The number of rotatable bonds is 6. The first-order valence-corrected chi connectivity index (χ1v) is 10.9. The molecule has 0 spiro atoms. The molecule has 2 aromatic carbocycles. The number of pyridine rings is 1. The molecule has 1 aliphatic heterocycles. The zero-order valence-electron chi connectivity index (χ0n) is 17.0. The van der Waals surface area contributed by atoms with E-state index in [1.807, 2.05) is 12.3 Å². The maximum Gasteiger partial charge on any atom is 0.0708 e. The number of likely N-dealkylation sites (tertiary alicyclic amines) is 1. The minimum atomic E-state index is 0.198. The first kappa shape index (κ1) is 18.4. The van der Waals surface area contributed by atoms with E-state index in [9.17, 15) is 0 Å². The molecular weight excluding hydrogens is 354 g/mol. The van der Waals surface area contributed by atoms with E-state index in [-0.39, 0.29) is 11.6 Å². The van der Waals surface area contributed by atoms with Gasteiger partial charge in [-0.05, 0) is 62.9 Å². The Morgan fingerprint density at radius 2 is 1.72 bits per heavy atom. The summed E-state index contributed by atoms with van der Waals surface area (Å²) < 4.78 is 0. The Balaban J connectivity index is 1.53. The van der Waals surface area contributed by atoms with Gasteiger partial charge in [-0.1, -0.05) is 55.1 Å². The van der Waals surface area contributed by atoms with Crippen LogP contribution in [0.15, 0.2) is 73.4 Å². The summed E-state index contributed by atoms with van der Waals surface area (Å²) in [6.07, 6.45) is 8.31. The van der Waals surface area contributed by atoms with Crippen LogP contribution < -0.4 is 5.32 Å². The molecule has 1 aromatic heterocycles. The van der Waals surface area contributed by atoms with Crippen LogP contribution in [0.4, 0.5) is 0 Å². The van der Waals surface area contributed by atoms with Crippen molar-refractivity contribution in [3.8, 4) is 0 Å². The quantitative estimate of drug-likeness (QED) is 0.604. The fourth-order valence-corrected chi connectivity index (χ4v) is 5.28. The molecule has 0 amide bonds. The van der Waals surface area contributed by atoms with Crippen LogP contribution in [0.25, 0.3) is 16.6 Å². The minimum Gasteiger partial charge on any atom is -0.376 e. The van der Waals surface area contributed by atoms with Crippen LogP contribution in [0.1, 0.15) is 49.3 Å². The van der Waals surface area contributed by atoms with E-state index >= 15 is 0 Å². The molecule has 1 saturated heterocycles. The van der Waals surface area contributed by atoms with Crippen molar-refractivity contribution in [1.29, 1.82) is 0 Å². The smallest absolute Gasteiger partial charge is 0.0708 e. The average molecular weight is 384 g/mol. The molecule has 0 radical (unpaired) electrons. The van der Waals surface area contributed by atoms with Gasteiger partial charge in [0.25, 0.3) is 0 Å². The van der Waals surface area contributed by atoms with Gasteiger partial charge in [-0.25, -0.2) is 0 Å². The second kappa shape index (κ2) is 7.64. The molecule has 2 aliphatic rings. The Morgan fingerprint density at radius 3 is 2.45 bits per heavy atom. The highest BCUT2D eigenvalue weighted by Crippen LogP contribution is 2.48. The molecular formula is C26H29N3. The van der Waals surface area contributed by atoms with Crippen molar-refractivity contribution >= 4 is 16.6 Å². The molecule has 1 saturated carbocycles. The molecule has 1 atom stereocenters. The van der Waals surface area contributed by atoms with Gasteiger partial charge in [-0.2, -0.15) is 0 Å². The summed E-state index contributed by atoms with van der Waals surface area (Å²) in [5.74, 6) is 0. The Morgan fingerprint density at radius 1 is 0.931 bits per heavy atom. The molecule has 2 heterocycles. The molecule has 1 N–H and O–H groups in total. The van der Waals surface area contributed by atoms with Gasteiger partial charge in [-0.15, -0.1) is 0 Å². The predicted octanol–water partition coefficient (Wildman–Crippen LogP) is 5.55. The van der Waals surface area contributed by atoms with Crippen LogP contribution >= 0.6 is 0 Å². The molecule has 3 aromatic rings. The lowest BCUT2D eigenvalue weighted by molar-refractivity contribution is 0.00377. The van der Waals surface area contributed by atoms with Crippen LogP contribution in [0.5, 0.6) is 0 Å². The first-order chi connectivity index (χ1) is 14.3. The highest BCUT2D eigenvalue weighted by atomic mass is 15.3. The average Bonchev–Trinajstić information content (AvgIpc) is 3.27. The number of benzene rings is 2. The lowest BCUT2D eigenvalue weighted by Gasteiger charge is -2.54. The van der Waals surface area contributed by atoms with Gasteiger partial charge in [0, 0.05) is 28.4 Å². The maximum absolute atomic E-state index is 4.52. The lowest BCUT2D eigenvalue weighted by atomic mass is 9.68. The number of fused-ring (bicyclic) bond motifs is 1. The fraction of sp³-hybridized carbons (Fsp3) is 0.346. The van der Waals surface area contributed by atoms with Gasteiger partial charge in [0.1, 0.15) is 0 Å². The van der Waals surface area contributed by atoms with E-state index in [1.54, 1.807) is 0 Å². The van der Waals surface area contributed by atoms with Gasteiger partial charge in [0.15, 0.2) is 0 Å². The van der Waals surface area contributed by atoms with Crippen molar-refractivity contribution in [2.45, 2.75) is 43.7 Å². The summed E-state index contributed by atoms with van der Waals surface area (Å²) >= 11 is 0. The second-order valence-electron chi connectivity index (χ2n) is 8.49. The van der Waals surface area contributed by atoms with Gasteiger partial charge in [-0.3, -0.25) is 9.88 Å². The number of aromatic nitrogens is 1. The van der Waals surface area contributed by atoms with Crippen LogP contribution in [0, 0.1) is 0 Å². The number of hydrogen-bond acceptors (Lipinski definition) is 3. The van der Waals surface area contributed by atoms with Crippen molar-refractivity contribution in [2.75, 3.05) is 13.1 Å². The largest absolute Gasteiger partial charge is 0.376 e. The summed E-state index contributed by atoms with van der Waals surface area (Å²) in [4.78, 5) is 7.27. The second-order valence-corrected chi connectivity index (χ2v) is 8.49. The third-order valence-corrected chi connectivity index (χ3v) is 6.91. The summed E-state index contributed by atoms with van der Waals surface area (Å²) in [5.41, 5.74) is 4.71. The van der Waals surface area contributed by atoms with Gasteiger partial charge in [0.05, 0.1) is 11.6 Å². The molecule has 29 heavy (non-hydrogen) atoms. The van der Waals surface area contributed by atoms with Crippen molar-refractivity contribution in [3.05, 3.63) is 84.6 Å². The summed E-state index contributed by atoms with van der Waals surface area (Å²) in [6.45, 7) is 6.92. The van der Waals surface area contributed by atoms with Crippen LogP contribution in [0.3, 0.4) is 0 Å². The third kappa shape index (κ3) is 3.24. The van der Waals surface area contributed by atoms with Crippen molar-refractivity contribution in [1.82, 2.24) is 15.2 Å². The monoisotopic (exact) mass is 383 g/mol. The zero-order chi connectivity index (χ0) is 19.7. The standard InChI is InChI=1S/C26H29N3/c1-20(22-12-7-14-24-23(22)13-8-17-27-24)28-25(21-10-3-2-4-11-21)26(15-9-16-26)29-18-5-6-19-29/h2-4,7-8,10-14,17,25,28H,1,5-6,9,15-16,18-19H2. The molecule has 2 fully saturated rings. The zero-order valence-corrected chi connectivity index (χ0v) is 17.0. The van der Waals surface area contributed by atoms with Gasteiger partial charge < -0.3 is 5.32 Å². The third-order valence-electron chi connectivity index (χ3n) is 6.91. The van der Waals surface area contributed by atoms with Crippen LogP contribution in [-0.2, 0) is 0 Å². The van der Waals surface area contributed by atoms with Gasteiger partial charge >= 0.3 is 0 Å². The Kier molecular flexibility index (Phi) is 4.84. The Hall–Kier alpha value is -2.65. The predicted molar refractivity (Wildman–Crippen MR) is 120 cm³/mol. The lowest BCUT2D eigenvalue weighted by Crippen LogP contribution is -2.59. The Bertz CT molecular complexity index is 995. The minimum absolute atomic E-state index is 0.198. The van der Waals surface area contributed by atoms with E-state index in [4.69, 9.17) is 0 Å².